The molecule has 2 aliphatic rings. The summed E-state index contributed by atoms with van der Waals surface area (Å²) in [5.74, 6) is 0.528. The molecule has 2 aromatic heterocycles. The van der Waals surface area contributed by atoms with Crippen molar-refractivity contribution in [1.29, 1.82) is 0 Å². The molecule has 0 atom stereocenters. The van der Waals surface area contributed by atoms with Crippen LogP contribution in [-0.2, 0) is 36.4 Å². The number of fused-ring (bicyclic) bond motifs is 1. The molecule has 4 heterocycles. The first-order valence-electron chi connectivity index (χ1n) is 10.3. The molecule has 1 fully saturated rings. The molecule has 0 N–H and O–H groups in total. The average Bonchev–Trinajstić information content (AvgIpc) is 3.07. The van der Waals surface area contributed by atoms with E-state index in [4.69, 9.17) is 4.74 Å². The van der Waals surface area contributed by atoms with Crippen LogP contribution >= 0.6 is 0 Å². The molecule has 28 heavy (non-hydrogen) atoms. The summed E-state index contributed by atoms with van der Waals surface area (Å²) in [6, 6.07) is 1.69. The topological polar surface area (TPSA) is 65.2 Å². The van der Waals surface area contributed by atoms with Gasteiger partial charge >= 0.3 is 0 Å². The van der Waals surface area contributed by atoms with Gasteiger partial charge < -0.3 is 4.74 Å². The van der Waals surface area contributed by atoms with Crippen LogP contribution in [0, 0.1) is 5.92 Å². The highest BCUT2D eigenvalue weighted by Crippen LogP contribution is 2.23. The fraction of sp³-hybridized carbons (Fsp3) is 0.667. The molecule has 1 saturated heterocycles. The first kappa shape index (κ1) is 19.3. The lowest BCUT2D eigenvalue weighted by molar-refractivity contribution is 0.0782. The Morgan fingerprint density at radius 1 is 1.21 bits per heavy atom. The molecule has 0 spiro atoms. The Labute approximate surface area is 166 Å². The molecule has 0 radical (unpaired) electrons. The van der Waals surface area contributed by atoms with Gasteiger partial charge in [-0.15, -0.1) is 0 Å². The van der Waals surface area contributed by atoms with E-state index >= 15 is 0 Å². The molecule has 7 heteroatoms. The molecular weight excluding hydrogens is 354 g/mol. The number of likely N-dealkylation sites (tertiary alicyclic amines) is 1. The third kappa shape index (κ3) is 4.20. The van der Waals surface area contributed by atoms with E-state index in [1.54, 1.807) is 17.0 Å². The van der Waals surface area contributed by atoms with Crippen LogP contribution < -0.4 is 5.56 Å². The van der Waals surface area contributed by atoms with E-state index in [1.807, 2.05) is 6.20 Å². The first-order valence-corrected chi connectivity index (χ1v) is 10.3. The van der Waals surface area contributed by atoms with Crippen molar-refractivity contribution in [3.8, 4) is 0 Å². The molecule has 0 saturated carbocycles. The monoisotopic (exact) mass is 385 g/mol. The summed E-state index contributed by atoms with van der Waals surface area (Å²) < 4.78 is 9.44. The molecule has 0 unspecified atom stereocenters. The summed E-state index contributed by atoms with van der Waals surface area (Å²) in [6.45, 7) is 12.3. The second kappa shape index (κ2) is 7.79. The Balaban J connectivity index is 1.32. The second-order valence-electron chi connectivity index (χ2n) is 9.13. The van der Waals surface area contributed by atoms with Gasteiger partial charge in [-0.25, -0.2) is 4.98 Å². The van der Waals surface area contributed by atoms with Crippen molar-refractivity contribution in [2.45, 2.75) is 65.3 Å². The van der Waals surface area contributed by atoms with E-state index in [-0.39, 0.29) is 11.0 Å². The smallest absolute Gasteiger partial charge is 0.253 e. The van der Waals surface area contributed by atoms with Gasteiger partial charge in [-0.05, 0) is 31.8 Å². The van der Waals surface area contributed by atoms with E-state index in [2.05, 4.69) is 40.4 Å². The molecule has 0 aliphatic carbocycles. The number of aromatic nitrogens is 4. The van der Waals surface area contributed by atoms with Crippen LogP contribution in [0.5, 0.6) is 0 Å². The minimum atomic E-state index is -0.0955. The predicted molar refractivity (Wildman–Crippen MR) is 107 cm³/mol. The maximum Gasteiger partial charge on any atom is 0.253 e. The Kier molecular flexibility index (Phi) is 5.38. The number of hydrogen-bond acceptors (Lipinski definition) is 5. The van der Waals surface area contributed by atoms with Gasteiger partial charge in [0.25, 0.3) is 5.56 Å². The Bertz CT molecular complexity index is 872. The van der Waals surface area contributed by atoms with Gasteiger partial charge in [-0.2, -0.15) is 5.10 Å². The predicted octanol–water partition coefficient (Wildman–Crippen LogP) is 2.18. The van der Waals surface area contributed by atoms with Gasteiger partial charge in [0.15, 0.2) is 0 Å². The molecular formula is C21H31N5O2. The Morgan fingerprint density at radius 3 is 2.71 bits per heavy atom. The molecule has 2 aliphatic heterocycles. The zero-order valence-corrected chi connectivity index (χ0v) is 17.2. The van der Waals surface area contributed by atoms with Gasteiger partial charge in [-0.3, -0.25) is 18.9 Å². The van der Waals surface area contributed by atoms with Gasteiger partial charge in [0.1, 0.15) is 0 Å². The van der Waals surface area contributed by atoms with Crippen LogP contribution in [0.1, 0.15) is 50.6 Å². The lowest BCUT2D eigenvalue weighted by atomic mass is 9.92. The highest BCUT2D eigenvalue weighted by atomic mass is 16.5. The van der Waals surface area contributed by atoms with E-state index < -0.39 is 0 Å². The van der Waals surface area contributed by atoms with Crippen LogP contribution in [0.4, 0.5) is 0 Å². The van der Waals surface area contributed by atoms with Gasteiger partial charge in [0.05, 0.1) is 43.7 Å². The SMILES string of the molecule is CC(C)(C)c1cc(=O)n(CC2CCN(Cc3cnn4c3COCC4)CC2)cn1. The van der Waals surface area contributed by atoms with E-state index in [0.717, 1.165) is 57.9 Å². The molecule has 4 rings (SSSR count). The quantitative estimate of drug-likeness (QED) is 0.807. The number of nitrogens with zero attached hydrogens (tertiary/aromatic N) is 5. The highest BCUT2D eigenvalue weighted by Gasteiger charge is 2.23. The van der Waals surface area contributed by atoms with E-state index in [1.165, 1.54) is 11.3 Å². The number of piperidine rings is 1. The third-order valence-electron chi connectivity index (χ3n) is 5.93. The zero-order chi connectivity index (χ0) is 19.7. The lowest BCUT2D eigenvalue weighted by Crippen LogP contribution is -2.36. The summed E-state index contributed by atoms with van der Waals surface area (Å²) >= 11 is 0. The molecule has 2 aromatic rings. The highest BCUT2D eigenvalue weighted by molar-refractivity contribution is 5.18. The minimum Gasteiger partial charge on any atom is -0.373 e. The van der Waals surface area contributed by atoms with Gasteiger partial charge in [0.2, 0.25) is 0 Å². The molecule has 152 valence electrons. The Hall–Kier alpha value is -1.99. The van der Waals surface area contributed by atoms with Crippen molar-refractivity contribution in [3.05, 3.63) is 45.9 Å². The lowest BCUT2D eigenvalue weighted by Gasteiger charge is -2.32. The fourth-order valence-electron chi connectivity index (χ4n) is 4.08. The van der Waals surface area contributed by atoms with Crippen LogP contribution in [0.25, 0.3) is 0 Å². The minimum absolute atomic E-state index is 0.0638. The molecule has 0 bridgehead atoms. The third-order valence-corrected chi connectivity index (χ3v) is 5.93. The maximum absolute atomic E-state index is 12.5. The van der Waals surface area contributed by atoms with Crippen LogP contribution in [0.15, 0.2) is 23.4 Å². The molecule has 0 amide bonds. The number of rotatable bonds is 4. The van der Waals surface area contributed by atoms with Crippen molar-refractivity contribution in [3.63, 3.8) is 0 Å². The van der Waals surface area contributed by atoms with Crippen molar-refractivity contribution in [2.75, 3.05) is 19.7 Å². The molecule has 0 aromatic carbocycles. The summed E-state index contributed by atoms with van der Waals surface area (Å²) in [6.07, 6.45) is 5.94. The van der Waals surface area contributed by atoms with Crippen molar-refractivity contribution in [2.24, 2.45) is 5.92 Å². The standard InChI is InChI=1S/C21H31N5O2/c1-21(2,3)19-10-20(27)25(15-22-19)12-16-4-6-24(7-5-16)13-17-11-23-26-8-9-28-14-18(17)26/h10-11,15-16H,4-9,12-14H2,1-3H3. The number of ether oxygens (including phenoxy) is 1. The van der Waals surface area contributed by atoms with Crippen LogP contribution in [0.3, 0.4) is 0 Å². The fourth-order valence-corrected chi connectivity index (χ4v) is 4.08. The van der Waals surface area contributed by atoms with Gasteiger partial charge in [0, 0.05) is 30.1 Å². The number of hydrogen-bond donors (Lipinski definition) is 0. The average molecular weight is 386 g/mol. The van der Waals surface area contributed by atoms with Gasteiger partial charge in [-0.1, -0.05) is 20.8 Å². The van der Waals surface area contributed by atoms with Crippen LogP contribution in [-0.4, -0.2) is 43.9 Å². The van der Waals surface area contributed by atoms with E-state index in [9.17, 15) is 4.79 Å². The summed E-state index contributed by atoms with van der Waals surface area (Å²) in [4.78, 5) is 19.5. The first-order chi connectivity index (χ1) is 13.4. The summed E-state index contributed by atoms with van der Waals surface area (Å²) in [7, 11) is 0. The van der Waals surface area contributed by atoms with Crippen molar-refractivity contribution < 1.29 is 4.74 Å². The largest absolute Gasteiger partial charge is 0.373 e. The van der Waals surface area contributed by atoms with Crippen molar-refractivity contribution >= 4 is 0 Å². The van der Waals surface area contributed by atoms with Crippen molar-refractivity contribution in [1.82, 2.24) is 24.2 Å². The second-order valence-corrected chi connectivity index (χ2v) is 9.13. The normalized spacial score (nSPS) is 19.0. The Morgan fingerprint density at radius 2 is 2.00 bits per heavy atom. The summed E-state index contributed by atoms with van der Waals surface area (Å²) in [5, 5.41) is 4.49. The van der Waals surface area contributed by atoms with E-state index in [0.29, 0.717) is 12.5 Å². The molecule has 7 nitrogen and oxygen atoms in total. The van der Waals surface area contributed by atoms with Crippen LogP contribution in [0.2, 0.25) is 0 Å². The zero-order valence-electron chi connectivity index (χ0n) is 17.2. The summed E-state index contributed by atoms with van der Waals surface area (Å²) in [5.41, 5.74) is 3.34. The maximum atomic E-state index is 12.5.